The van der Waals surface area contributed by atoms with Crippen molar-refractivity contribution in [2.45, 2.75) is 240 Å². The Balaban J connectivity index is 1.14. The molecule has 0 radical (unpaired) electrons. The van der Waals surface area contributed by atoms with Crippen molar-refractivity contribution in [1.82, 2.24) is 47.9 Å². The highest BCUT2D eigenvalue weighted by molar-refractivity contribution is 5.85. The summed E-state index contributed by atoms with van der Waals surface area (Å²) < 4.78 is 0. The molecular formula is C88H124N14O11. The van der Waals surface area contributed by atoms with Gasteiger partial charge in [-0.1, -0.05) is 208 Å². The van der Waals surface area contributed by atoms with Gasteiger partial charge in [0.2, 0.25) is 53.2 Å². The number of nitrogens with one attached hydrogen (secondary N) is 9. The maximum Gasteiger partial charge on any atom is 0.305 e. The van der Waals surface area contributed by atoms with Crippen molar-refractivity contribution in [3.8, 4) is 0 Å². The van der Waals surface area contributed by atoms with E-state index in [0.717, 1.165) is 46.2 Å². The van der Waals surface area contributed by atoms with Gasteiger partial charge in [0.1, 0.15) is 0 Å². The second kappa shape index (κ2) is 53.7. The molecular weight excluding hydrogens is 1430 g/mol. The Bertz CT molecular complexity index is 3760. The van der Waals surface area contributed by atoms with Gasteiger partial charge in [-0.25, -0.2) is 0 Å². The lowest BCUT2D eigenvalue weighted by molar-refractivity contribution is -0.138. The number of rotatable bonds is 57. The Hall–Kier alpha value is -10.2. The molecule has 10 unspecified atom stereocenters. The number of unbranched alkanes of at least 4 members (excludes halogenated alkanes) is 4. The fourth-order valence-corrected chi connectivity index (χ4v) is 14.2. The lowest BCUT2D eigenvalue weighted by atomic mass is 9.99. The van der Waals surface area contributed by atoms with E-state index in [9.17, 15) is 53.1 Å². The molecule has 0 aliphatic carbocycles. The molecule has 25 nitrogen and oxygen atoms in total. The summed E-state index contributed by atoms with van der Waals surface area (Å²) in [4.78, 5) is 140. The standard InChI is InChI=1S/C88H124N14O11/c89-43-23-19-39-69(93)53-79(103)97-73(47-63-27-7-1-8-28-63)59-85(109)100-74(48-64-29-9-2-10-30-64)56-82(106)94-70(40-20-24-44-90)54-80(104)98-77(51-67-35-15-5-16-36-67)60-86(110)101-75(49-65-31-11-3-12-32-65)57-83(107)95-71(41-21-25-45-91)55-81(105)99-78(52-68-37-17-6-18-38-68)61-87(111)102-76(50-66-33-13-4-14-34-66)58-84(108)96-72(62-88(112)113)42-22-26-46-92/h1-18,27-38,69-78H,19-26,39-62,89-93H2,(H,94,106)(H,95,107)(H,96,108)(H,97,103)(H,98,104)(H,99,105)(H,100,109)(H,101,110)(H,102,111)(H,112,113). The maximum absolute atomic E-state index is 14.6. The van der Waals surface area contributed by atoms with E-state index in [1.165, 1.54) is 0 Å². The molecule has 10 atom stereocenters. The van der Waals surface area contributed by atoms with E-state index in [1.54, 1.807) is 0 Å². The van der Waals surface area contributed by atoms with E-state index in [4.69, 9.17) is 28.7 Å². The third kappa shape index (κ3) is 40.7. The van der Waals surface area contributed by atoms with Crippen LogP contribution in [0.25, 0.3) is 0 Å². The summed E-state index contributed by atoms with van der Waals surface area (Å²) >= 11 is 0. The van der Waals surface area contributed by atoms with Gasteiger partial charge in [-0.15, -0.1) is 0 Å². The van der Waals surface area contributed by atoms with Gasteiger partial charge in [-0.2, -0.15) is 0 Å². The van der Waals surface area contributed by atoms with Gasteiger partial charge in [0, 0.05) is 118 Å². The fourth-order valence-electron chi connectivity index (χ4n) is 14.2. The SMILES string of the molecule is NCCCCC(N)CC(=O)NC(CC(=O)NC(CC(=O)NC(CCCCN)CC(=O)NC(CC(=O)NC(CC(=O)NC(CCCCN)CC(=O)NC(CC(=O)NC(CC(=O)NC(CCCCN)CC(=O)O)Cc1ccccc1)Cc1ccccc1)Cc1ccccc1)Cc1ccccc1)Cc1ccccc1)Cc1ccccc1. The normalized spacial score (nSPS) is 13.8. The molecule has 9 amide bonds. The first-order valence-corrected chi connectivity index (χ1v) is 40.4. The van der Waals surface area contributed by atoms with Gasteiger partial charge in [0.15, 0.2) is 0 Å². The number of carbonyl (C=O) groups is 10. The zero-order valence-corrected chi connectivity index (χ0v) is 65.6. The molecule has 6 rings (SSSR count). The number of amides is 9. The largest absolute Gasteiger partial charge is 0.481 e. The number of carboxylic acid groups (broad SMARTS) is 1. The van der Waals surface area contributed by atoms with Crippen molar-refractivity contribution in [1.29, 1.82) is 0 Å². The zero-order valence-electron chi connectivity index (χ0n) is 65.6. The van der Waals surface area contributed by atoms with Crippen LogP contribution in [0.15, 0.2) is 182 Å². The van der Waals surface area contributed by atoms with Crippen molar-refractivity contribution in [3.05, 3.63) is 215 Å². The summed E-state index contributed by atoms with van der Waals surface area (Å²) in [5, 5.41) is 37.2. The molecule has 0 saturated heterocycles. The van der Waals surface area contributed by atoms with Crippen molar-refractivity contribution < 1.29 is 53.1 Å². The van der Waals surface area contributed by atoms with Gasteiger partial charge in [-0.3, -0.25) is 47.9 Å². The quantitative estimate of drug-likeness (QED) is 0.0178. The predicted octanol–water partition coefficient (Wildman–Crippen LogP) is 6.63. The van der Waals surface area contributed by atoms with E-state index < -0.39 is 102 Å². The summed E-state index contributed by atoms with van der Waals surface area (Å²) in [7, 11) is 0. The number of aliphatic carboxylic acids is 1. The second-order valence-electron chi connectivity index (χ2n) is 29.9. The van der Waals surface area contributed by atoms with Gasteiger partial charge in [-0.05, 0) is 149 Å². The molecule has 113 heavy (non-hydrogen) atoms. The van der Waals surface area contributed by atoms with Crippen LogP contribution < -0.4 is 76.5 Å². The van der Waals surface area contributed by atoms with Crippen LogP contribution in [0.5, 0.6) is 0 Å². The molecule has 0 aromatic heterocycles. The first-order valence-electron chi connectivity index (χ1n) is 40.4. The Labute approximate surface area is 667 Å². The summed E-state index contributed by atoms with van der Waals surface area (Å²) in [6, 6.07) is 50.0. The van der Waals surface area contributed by atoms with Gasteiger partial charge in [0.05, 0.1) is 6.42 Å². The van der Waals surface area contributed by atoms with Crippen molar-refractivity contribution in [2.24, 2.45) is 28.7 Å². The minimum atomic E-state index is -1.05. The van der Waals surface area contributed by atoms with E-state index in [1.807, 2.05) is 182 Å². The first kappa shape index (κ1) is 91.7. The van der Waals surface area contributed by atoms with Gasteiger partial charge >= 0.3 is 5.97 Å². The van der Waals surface area contributed by atoms with Crippen LogP contribution >= 0.6 is 0 Å². The van der Waals surface area contributed by atoms with Gasteiger partial charge in [0.25, 0.3) is 0 Å². The Morgan fingerprint density at radius 2 is 0.398 bits per heavy atom. The molecule has 0 spiro atoms. The summed E-state index contributed by atoms with van der Waals surface area (Å²) in [5.74, 6) is -4.64. The fraction of sp³-hybridized carbons (Fsp3) is 0.477. The number of carbonyl (C=O) groups excluding carboxylic acids is 9. The maximum atomic E-state index is 14.6. The Morgan fingerprint density at radius 1 is 0.230 bits per heavy atom. The molecule has 0 aliphatic heterocycles. The number of hydrogen-bond acceptors (Lipinski definition) is 15. The van der Waals surface area contributed by atoms with Crippen LogP contribution in [0.3, 0.4) is 0 Å². The van der Waals surface area contributed by atoms with Crippen LogP contribution in [0.2, 0.25) is 0 Å². The third-order valence-corrected chi connectivity index (χ3v) is 19.6. The zero-order chi connectivity index (χ0) is 81.2. The highest BCUT2D eigenvalue weighted by atomic mass is 16.4. The average Bonchev–Trinajstić information content (AvgIpc) is 0.883. The lowest BCUT2D eigenvalue weighted by Gasteiger charge is -2.26. The lowest BCUT2D eigenvalue weighted by Crippen LogP contribution is -2.48. The van der Waals surface area contributed by atoms with E-state index in [0.29, 0.717) is 110 Å². The first-order chi connectivity index (χ1) is 54.7. The highest BCUT2D eigenvalue weighted by Crippen LogP contribution is 2.18. The van der Waals surface area contributed by atoms with Crippen molar-refractivity contribution in [2.75, 3.05) is 26.2 Å². The van der Waals surface area contributed by atoms with E-state index in [-0.39, 0.29) is 101 Å². The van der Waals surface area contributed by atoms with Crippen molar-refractivity contribution >= 4 is 59.1 Å². The summed E-state index contributed by atoms with van der Waals surface area (Å²) in [6.45, 7) is 1.74. The molecule has 0 aliphatic rings. The predicted molar refractivity (Wildman–Crippen MR) is 442 cm³/mol. The summed E-state index contributed by atoms with van der Waals surface area (Å²) in [5.41, 5.74) is 34.8. The van der Waals surface area contributed by atoms with Crippen LogP contribution in [-0.2, 0) is 86.5 Å². The number of carboxylic acids is 1. The molecule has 0 bridgehead atoms. The molecule has 6 aromatic rings. The minimum Gasteiger partial charge on any atom is -0.481 e. The third-order valence-electron chi connectivity index (χ3n) is 19.6. The van der Waals surface area contributed by atoms with Crippen molar-refractivity contribution in [3.63, 3.8) is 0 Å². The number of hydrogen-bond donors (Lipinski definition) is 15. The number of benzene rings is 6. The molecule has 0 heterocycles. The Kier molecular flexibility index (Phi) is 43.6. The second-order valence-corrected chi connectivity index (χ2v) is 29.9. The average molecular weight is 1550 g/mol. The van der Waals surface area contributed by atoms with E-state index >= 15 is 0 Å². The smallest absolute Gasteiger partial charge is 0.305 e. The number of nitrogens with two attached hydrogens (primary N) is 5. The molecule has 0 fully saturated rings. The monoisotopic (exact) mass is 1550 g/mol. The minimum absolute atomic E-state index is 0.0727. The van der Waals surface area contributed by atoms with Crippen LogP contribution in [0.1, 0.15) is 175 Å². The highest BCUT2D eigenvalue weighted by Gasteiger charge is 2.30. The van der Waals surface area contributed by atoms with Crippen LogP contribution in [0.4, 0.5) is 0 Å². The van der Waals surface area contributed by atoms with E-state index in [2.05, 4.69) is 47.9 Å². The molecule has 25 heteroatoms. The van der Waals surface area contributed by atoms with Crippen LogP contribution in [-0.4, -0.2) is 151 Å². The topological polar surface area (TPSA) is 429 Å². The van der Waals surface area contributed by atoms with Crippen LogP contribution in [0, 0.1) is 0 Å². The molecule has 0 saturated carbocycles. The molecule has 20 N–H and O–H groups in total. The Morgan fingerprint density at radius 3 is 0.593 bits per heavy atom. The summed E-state index contributed by atoms with van der Waals surface area (Å²) in [6.07, 6.45) is 7.59. The van der Waals surface area contributed by atoms with Gasteiger partial charge < -0.3 is 81.6 Å². The molecule has 6 aromatic carbocycles. The molecule has 612 valence electrons.